The molecule has 0 saturated heterocycles. The number of unbranched alkanes of at least 4 members (excludes halogenated alkanes) is 26. The summed E-state index contributed by atoms with van der Waals surface area (Å²) in [5.41, 5.74) is 0. The third-order valence-corrected chi connectivity index (χ3v) is 9.93. The van der Waals surface area contributed by atoms with Crippen LogP contribution >= 0.6 is 0 Å². The average Bonchev–Trinajstić information content (AvgIpc) is 3.15. The molecule has 310 valence electrons. The van der Waals surface area contributed by atoms with Gasteiger partial charge in [-0.25, -0.2) is 0 Å². The maximum atomic E-state index is 12.7. The van der Waals surface area contributed by atoms with Crippen LogP contribution in [0.1, 0.15) is 239 Å². The summed E-state index contributed by atoms with van der Waals surface area (Å²) in [7, 11) is 0. The highest BCUT2D eigenvalue weighted by molar-refractivity contribution is 5.71. The Hall–Kier alpha value is -2.11. The van der Waals surface area contributed by atoms with E-state index >= 15 is 0 Å². The van der Waals surface area contributed by atoms with Crippen molar-refractivity contribution in [2.24, 2.45) is 0 Å². The Bertz CT molecular complexity index is 865. The van der Waals surface area contributed by atoms with Crippen LogP contribution in [0.2, 0.25) is 0 Å². The fraction of sp³-hybridized carbons (Fsp3) is 0.851. The number of hydrogen-bond donors (Lipinski definition) is 0. The summed E-state index contributed by atoms with van der Waals surface area (Å²) in [5, 5.41) is 0. The number of hydrogen-bond acceptors (Lipinski definition) is 6. The third-order valence-electron chi connectivity index (χ3n) is 9.93. The third kappa shape index (κ3) is 40.9. The summed E-state index contributed by atoms with van der Waals surface area (Å²) in [4.78, 5) is 37.7. The molecular formula is C47H86O6. The maximum absolute atomic E-state index is 12.7. The van der Waals surface area contributed by atoms with E-state index in [-0.39, 0.29) is 31.1 Å². The van der Waals surface area contributed by atoms with Crippen molar-refractivity contribution in [3.8, 4) is 0 Å². The van der Waals surface area contributed by atoms with Crippen molar-refractivity contribution >= 4 is 17.9 Å². The average molecular weight is 747 g/mol. The molecule has 0 aliphatic rings. The van der Waals surface area contributed by atoms with Gasteiger partial charge >= 0.3 is 17.9 Å². The molecule has 53 heavy (non-hydrogen) atoms. The molecule has 0 aliphatic heterocycles. The van der Waals surface area contributed by atoms with E-state index in [4.69, 9.17) is 14.2 Å². The summed E-state index contributed by atoms with van der Waals surface area (Å²) >= 11 is 0. The number of allylic oxidation sites excluding steroid dienone is 4. The molecule has 0 amide bonds. The monoisotopic (exact) mass is 747 g/mol. The Kier molecular flexibility index (Phi) is 40.9. The molecule has 0 heterocycles. The van der Waals surface area contributed by atoms with E-state index in [2.05, 4.69) is 45.1 Å². The Morgan fingerprint density at radius 1 is 0.358 bits per heavy atom. The van der Waals surface area contributed by atoms with Gasteiger partial charge in [-0.05, 0) is 64.2 Å². The predicted octanol–water partition coefficient (Wildman–Crippen LogP) is 14.4. The topological polar surface area (TPSA) is 78.9 Å². The maximum Gasteiger partial charge on any atom is 0.306 e. The van der Waals surface area contributed by atoms with Crippen molar-refractivity contribution in [3.05, 3.63) is 24.3 Å². The largest absolute Gasteiger partial charge is 0.462 e. The van der Waals surface area contributed by atoms with Gasteiger partial charge in [0.2, 0.25) is 0 Å². The smallest absolute Gasteiger partial charge is 0.306 e. The highest BCUT2D eigenvalue weighted by atomic mass is 16.6. The molecule has 0 unspecified atom stereocenters. The molecule has 1 atom stereocenters. The van der Waals surface area contributed by atoms with Crippen LogP contribution in [0.25, 0.3) is 0 Å². The predicted molar refractivity (Wildman–Crippen MR) is 224 cm³/mol. The molecule has 0 aliphatic carbocycles. The Morgan fingerprint density at radius 3 is 1.02 bits per heavy atom. The van der Waals surface area contributed by atoms with Crippen LogP contribution in [0.5, 0.6) is 0 Å². The molecule has 0 rings (SSSR count). The van der Waals surface area contributed by atoms with Gasteiger partial charge in [-0.15, -0.1) is 0 Å². The fourth-order valence-corrected chi connectivity index (χ4v) is 6.42. The summed E-state index contributed by atoms with van der Waals surface area (Å²) in [6.45, 7) is 6.56. The number of carbonyl (C=O) groups is 3. The first-order valence-electron chi connectivity index (χ1n) is 22.8. The first-order chi connectivity index (χ1) is 26.0. The molecule has 0 spiro atoms. The Morgan fingerprint density at radius 2 is 0.642 bits per heavy atom. The van der Waals surface area contributed by atoms with Crippen molar-refractivity contribution in [3.63, 3.8) is 0 Å². The van der Waals surface area contributed by atoms with Crippen molar-refractivity contribution in [1.82, 2.24) is 0 Å². The summed E-state index contributed by atoms with van der Waals surface area (Å²) in [6, 6.07) is 0. The van der Waals surface area contributed by atoms with Gasteiger partial charge in [0.1, 0.15) is 13.2 Å². The zero-order valence-corrected chi connectivity index (χ0v) is 35.3. The Labute approximate surface area is 328 Å². The van der Waals surface area contributed by atoms with Gasteiger partial charge in [0.15, 0.2) is 6.10 Å². The van der Waals surface area contributed by atoms with Crippen LogP contribution in [0, 0.1) is 0 Å². The first-order valence-corrected chi connectivity index (χ1v) is 22.8. The van der Waals surface area contributed by atoms with E-state index < -0.39 is 6.10 Å². The highest BCUT2D eigenvalue weighted by Gasteiger charge is 2.19. The summed E-state index contributed by atoms with van der Waals surface area (Å²) < 4.78 is 16.7. The number of carbonyl (C=O) groups excluding carboxylic acids is 3. The van der Waals surface area contributed by atoms with Gasteiger partial charge < -0.3 is 14.2 Å². The first kappa shape index (κ1) is 50.9. The summed E-state index contributed by atoms with van der Waals surface area (Å²) in [6.07, 6.45) is 45.8. The van der Waals surface area contributed by atoms with E-state index in [1.54, 1.807) is 0 Å². The van der Waals surface area contributed by atoms with Gasteiger partial charge in [0.05, 0.1) is 0 Å². The molecule has 0 aromatic rings. The van der Waals surface area contributed by atoms with Gasteiger partial charge in [-0.1, -0.05) is 180 Å². The van der Waals surface area contributed by atoms with E-state index in [0.717, 1.165) is 77.0 Å². The normalized spacial score (nSPS) is 12.1. The minimum atomic E-state index is -0.771. The molecule has 0 radical (unpaired) electrons. The number of esters is 3. The molecule has 6 heteroatoms. The molecule has 0 aromatic carbocycles. The van der Waals surface area contributed by atoms with Crippen molar-refractivity contribution in [1.29, 1.82) is 0 Å². The SMILES string of the molecule is CCCC/C=C\CCCCCCCC(=O)O[C@H](COC(=O)CCCCCCC/C=C\CCCCCC)COC(=O)CCCCCCCCCCCCC. The Balaban J connectivity index is 4.37. The molecule has 0 fully saturated rings. The van der Waals surface area contributed by atoms with E-state index in [1.807, 2.05) is 0 Å². The number of rotatable bonds is 41. The second-order valence-corrected chi connectivity index (χ2v) is 15.3. The fourth-order valence-electron chi connectivity index (χ4n) is 6.42. The van der Waals surface area contributed by atoms with Crippen LogP contribution in [-0.2, 0) is 28.6 Å². The van der Waals surface area contributed by atoms with E-state index in [9.17, 15) is 14.4 Å². The zero-order valence-electron chi connectivity index (χ0n) is 35.3. The van der Waals surface area contributed by atoms with Crippen molar-refractivity contribution in [2.75, 3.05) is 13.2 Å². The minimum Gasteiger partial charge on any atom is -0.462 e. The van der Waals surface area contributed by atoms with Gasteiger partial charge in [-0.2, -0.15) is 0 Å². The number of ether oxygens (including phenoxy) is 3. The van der Waals surface area contributed by atoms with Gasteiger partial charge in [0, 0.05) is 19.3 Å². The van der Waals surface area contributed by atoms with Crippen molar-refractivity contribution < 1.29 is 28.6 Å². The minimum absolute atomic E-state index is 0.0746. The second-order valence-electron chi connectivity index (χ2n) is 15.3. The molecular weight excluding hydrogens is 661 g/mol. The standard InChI is InChI=1S/C47H86O6/c1-4-7-10-13-16-19-22-23-26-28-31-34-37-40-46(49)52-43-44(53-47(50)41-38-35-32-29-25-21-18-15-12-9-6-3)42-51-45(48)39-36-33-30-27-24-20-17-14-11-8-5-2/h15,18-19,22,44H,4-14,16-17,20-21,23-43H2,1-3H3/b18-15-,22-19-/t44-/m0/s1. The van der Waals surface area contributed by atoms with Crippen molar-refractivity contribution in [2.45, 2.75) is 245 Å². The van der Waals surface area contributed by atoms with Crippen LogP contribution in [0.4, 0.5) is 0 Å². The van der Waals surface area contributed by atoms with Crippen LogP contribution in [-0.4, -0.2) is 37.2 Å². The molecule has 0 saturated carbocycles. The molecule has 0 bridgehead atoms. The lowest BCUT2D eigenvalue weighted by Crippen LogP contribution is -2.30. The quantitative estimate of drug-likeness (QED) is 0.0268. The van der Waals surface area contributed by atoms with Gasteiger partial charge in [0.25, 0.3) is 0 Å². The van der Waals surface area contributed by atoms with E-state index in [1.165, 1.54) is 122 Å². The molecule has 0 N–H and O–H groups in total. The van der Waals surface area contributed by atoms with Crippen LogP contribution in [0.15, 0.2) is 24.3 Å². The van der Waals surface area contributed by atoms with Crippen LogP contribution in [0.3, 0.4) is 0 Å². The highest BCUT2D eigenvalue weighted by Crippen LogP contribution is 2.14. The lowest BCUT2D eigenvalue weighted by Gasteiger charge is -2.18. The van der Waals surface area contributed by atoms with Crippen LogP contribution < -0.4 is 0 Å². The van der Waals surface area contributed by atoms with E-state index in [0.29, 0.717) is 19.3 Å². The zero-order chi connectivity index (χ0) is 38.7. The molecule has 6 nitrogen and oxygen atoms in total. The second kappa shape index (κ2) is 42.6. The van der Waals surface area contributed by atoms with Gasteiger partial charge in [-0.3, -0.25) is 14.4 Å². The lowest BCUT2D eigenvalue weighted by atomic mass is 10.1. The molecule has 0 aromatic heterocycles. The lowest BCUT2D eigenvalue weighted by molar-refractivity contribution is -0.167. The summed E-state index contributed by atoms with van der Waals surface area (Å²) in [5.74, 6) is -0.891.